The molecule has 2 nitrogen and oxygen atoms in total. The van der Waals surface area contributed by atoms with Crippen LogP contribution in [0.2, 0.25) is 0 Å². The summed E-state index contributed by atoms with van der Waals surface area (Å²) in [6.45, 7) is 4.71. The average Bonchev–Trinajstić information content (AvgIpc) is 2.76. The van der Waals surface area contributed by atoms with Crippen molar-refractivity contribution >= 4 is 27.3 Å². The summed E-state index contributed by atoms with van der Waals surface area (Å²) in [5.41, 5.74) is 1.49. The third kappa shape index (κ3) is 2.96. The summed E-state index contributed by atoms with van der Waals surface area (Å²) in [7, 11) is 0. The predicted molar refractivity (Wildman–Crippen MR) is 76.5 cm³/mol. The molecule has 0 spiro atoms. The molecule has 1 atom stereocenters. The Labute approximate surface area is 118 Å². The molecule has 1 aromatic carbocycles. The molecule has 0 bridgehead atoms. The smallest absolute Gasteiger partial charge is 0.128 e. The van der Waals surface area contributed by atoms with Gasteiger partial charge in [0.25, 0.3) is 0 Å². The third-order valence-electron chi connectivity index (χ3n) is 2.61. The minimum absolute atomic E-state index is 0.197. The highest BCUT2D eigenvalue weighted by Crippen LogP contribution is 2.27. The second kappa shape index (κ2) is 5.91. The number of halogens is 2. The molecule has 2 rings (SSSR count). The molecule has 0 fully saturated rings. The van der Waals surface area contributed by atoms with Crippen LogP contribution < -0.4 is 5.32 Å². The van der Waals surface area contributed by atoms with Crippen LogP contribution in [0.15, 0.2) is 28.1 Å². The second-order valence-electron chi connectivity index (χ2n) is 3.95. The molecule has 1 aromatic heterocycles. The van der Waals surface area contributed by atoms with Crippen LogP contribution in [0.5, 0.6) is 0 Å². The summed E-state index contributed by atoms with van der Waals surface area (Å²) in [6, 6.07) is 4.78. The van der Waals surface area contributed by atoms with E-state index in [4.69, 9.17) is 0 Å². The van der Waals surface area contributed by atoms with E-state index in [2.05, 4.69) is 26.2 Å². The van der Waals surface area contributed by atoms with Gasteiger partial charge in [-0.15, -0.1) is 11.3 Å². The van der Waals surface area contributed by atoms with E-state index < -0.39 is 0 Å². The average molecular weight is 329 g/mol. The predicted octanol–water partition coefficient (Wildman–Crippen LogP) is 4.05. The molecule has 0 saturated heterocycles. The SMILES string of the molecule is CCNC(c1csc(C)n1)c1cc(Br)ccc1F. The van der Waals surface area contributed by atoms with Crippen LogP contribution in [0.4, 0.5) is 4.39 Å². The minimum atomic E-state index is -0.213. The third-order valence-corrected chi connectivity index (χ3v) is 3.89. The van der Waals surface area contributed by atoms with Gasteiger partial charge in [0.2, 0.25) is 0 Å². The first-order chi connectivity index (χ1) is 8.61. The van der Waals surface area contributed by atoms with Crippen LogP contribution >= 0.6 is 27.3 Å². The lowest BCUT2D eigenvalue weighted by Crippen LogP contribution is -2.23. The molecule has 5 heteroatoms. The Morgan fingerprint density at radius 3 is 2.89 bits per heavy atom. The molecule has 1 heterocycles. The Morgan fingerprint density at radius 1 is 1.50 bits per heavy atom. The molecule has 0 amide bonds. The van der Waals surface area contributed by atoms with Gasteiger partial charge in [0.1, 0.15) is 5.82 Å². The monoisotopic (exact) mass is 328 g/mol. The van der Waals surface area contributed by atoms with Gasteiger partial charge < -0.3 is 5.32 Å². The van der Waals surface area contributed by atoms with Crippen molar-refractivity contribution in [2.24, 2.45) is 0 Å². The molecule has 96 valence electrons. The standard InChI is InChI=1S/C13H14BrFN2S/c1-3-16-13(12-7-18-8(2)17-12)10-6-9(14)4-5-11(10)15/h4-7,13,16H,3H2,1-2H3. The molecule has 18 heavy (non-hydrogen) atoms. The van der Waals surface area contributed by atoms with Crippen molar-refractivity contribution in [1.82, 2.24) is 10.3 Å². The molecule has 0 aliphatic heterocycles. The fourth-order valence-electron chi connectivity index (χ4n) is 1.83. The highest BCUT2D eigenvalue weighted by atomic mass is 79.9. The van der Waals surface area contributed by atoms with Crippen molar-refractivity contribution in [3.8, 4) is 0 Å². The highest BCUT2D eigenvalue weighted by molar-refractivity contribution is 9.10. The lowest BCUT2D eigenvalue weighted by molar-refractivity contribution is 0.552. The topological polar surface area (TPSA) is 24.9 Å². The lowest BCUT2D eigenvalue weighted by Gasteiger charge is -2.17. The molecule has 1 N–H and O–H groups in total. The quantitative estimate of drug-likeness (QED) is 0.915. The Hall–Kier alpha value is -0.780. The van der Waals surface area contributed by atoms with Gasteiger partial charge >= 0.3 is 0 Å². The van der Waals surface area contributed by atoms with Crippen LogP contribution in [-0.2, 0) is 0 Å². The maximum Gasteiger partial charge on any atom is 0.128 e. The Kier molecular flexibility index (Phi) is 4.48. The fourth-order valence-corrected chi connectivity index (χ4v) is 2.84. The summed E-state index contributed by atoms with van der Waals surface area (Å²) < 4.78 is 14.8. The number of benzene rings is 1. The van der Waals surface area contributed by atoms with Crippen LogP contribution in [-0.4, -0.2) is 11.5 Å². The second-order valence-corrected chi connectivity index (χ2v) is 5.93. The molecule has 0 saturated carbocycles. The summed E-state index contributed by atoms with van der Waals surface area (Å²) in [4.78, 5) is 4.45. The van der Waals surface area contributed by atoms with E-state index in [0.29, 0.717) is 5.56 Å². The van der Waals surface area contributed by atoms with E-state index in [-0.39, 0.29) is 11.9 Å². The first-order valence-corrected chi connectivity index (χ1v) is 7.39. The van der Waals surface area contributed by atoms with E-state index >= 15 is 0 Å². The van der Waals surface area contributed by atoms with Gasteiger partial charge in [-0.2, -0.15) is 0 Å². The van der Waals surface area contributed by atoms with Gasteiger partial charge in [-0.1, -0.05) is 22.9 Å². The lowest BCUT2D eigenvalue weighted by atomic mass is 10.0. The first kappa shape index (κ1) is 13.6. The van der Waals surface area contributed by atoms with E-state index in [1.807, 2.05) is 19.2 Å². The normalized spacial score (nSPS) is 12.7. The number of hydrogen-bond donors (Lipinski definition) is 1. The van der Waals surface area contributed by atoms with Gasteiger partial charge in [0.15, 0.2) is 0 Å². The molecular formula is C13H14BrFN2S. The van der Waals surface area contributed by atoms with Crippen LogP contribution in [0.1, 0.15) is 29.2 Å². The number of aromatic nitrogens is 1. The molecule has 2 aromatic rings. The van der Waals surface area contributed by atoms with Crippen molar-refractivity contribution in [3.63, 3.8) is 0 Å². The van der Waals surface area contributed by atoms with Gasteiger partial charge in [0.05, 0.1) is 16.7 Å². The number of aryl methyl sites for hydroxylation is 1. The maximum absolute atomic E-state index is 14.0. The van der Waals surface area contributed by atoms with E-state index in [1.54, 1.807) is 23.5 Å². The van der Waals surface area contributed by atoms with E-state index in [1.165, 1.54) is 6.07 Å². The van der Waals surface area contributed by atoms with Crippen LogP contribution in [0.25, 0.3) is 0 Å². The molecule has 0 radical (unpaired) electrons. The largest absolute Gasteiger partial charge is 0.305 e. The number of nitrogens with one attached hydrogen (secondary N) is 1. The van der Waals surface area contributed by atoms with Crippen molar-refractivity contribution in [1.29, 1.82) is 0 Å². The number of thiazole rings is 1. The Morgan fingerprint density at radius 2 is 2.28 bits per heavy atom. The summed E-state index contributed by atoms with van der Waals surface area (Å²) in [5.74, 6) is -0.213. The summed E-state index contributed by atoms with van der Waals surface area (Å²) in [5, 5.41) is 6.24. The van der Waals surface area contributed by atoms with E-state index in [9.17, 15) is 4.39 Å². The van der Waals surface area contributed by atoms with Crippen molar-refractivity contribution in [2.45, 2.75) is 19.9 Å². The zero-order valence-corrected chi connectivity index (χ0v) is 12.6. The highest BCUT2D eigenvalue weighted by Gasteiger charge is 2.19. The molecular weight excluding hydrogens is 315 g/mol. The van der Waals surface area contributed by atoms with Gasteiger partial charge in [-0.3, -0.25) is 0 Å². The van der Waals surface area contributed by atoms with Crippen LogP contribution in [0.3, 0.4) is 0 Å². The van der Waals surface area contributed by atoms with Gasteiger partial charge in [-0.05, 0) is 31.7 Å². The van der Waals surface area contributed by atoms with Crippen molar-refractivity contribution in [3.05, 3.63) is 50.1 Å². The fraction of sp³-hybridized carbons (Fsp3) is 0.308. The van der Waals surface area contributed by atoms with Crippen molar-refractivity contribution < 1.29 is 4.39 Å². The Balaban J connectivity index is 2.44. The molecule has 1 unspecified atom stereocenters. The summed E-state index contributed by atoms with van der Waals surface area (Å²) in [6.07, 6.45) is 0. The molecule has 0 aliphatic rings. The molecule has 0 aliphatic carbocycles. The summed E-state index contributed by atoms with van der Waals surface area (Å²) >= 11 is 4.96. The zero-order valence-electron chi connectivity index (χ0n) is 10.2. The maximum atomic E-state index is 14.0. The first-order valence-electron chi connectivity index (χ1n) is 5.72. The van der Waals surface area contributed by atoms with Crippen LogP contribution in [0, 0.1) is 12.7 Å². The van der Waals surface area contributed by atoms with Crippen molar-refractivity contribution in [2.75, 3.05) is 6.54 Å². The number of rotatable bonds is 4. The minimum Gasteiger partial charge on any atom is -0.305 e. The van der Waals surface area contributed by atoms with E-state index in [0.717, 1.165) is 21.7 Å². The zero-order chi connectivity index (χ0) is 13.1. The van der Waals surface area contributed by atoms with Gasteiger partial charge in [-0.25, -0.2) is 9.37 Å². The Bertz CT molecular complexity index is 542. The number of nitrogens with zero attached hydrogens (tertiary/aromatic N) is 1. The van der Waals surface area contributed by atoms with Gasteiger partial charge in [0, 0.05) is 15.4 Å². The number of hydrogen-bond acceptors (Lipinski definition) is 3.